The number of anilines is 1. The second-order valence-electron chi connectivity index (χ2n) is 6.85. The van der Waals surface area contributed by atoms with Crippen LogP contribution in [-0.2, 0) is 11.8 Å². The summed E-state index contributed by atoms with van der Waals surface area (Å²) in [7, 11) is 0. The molecule has 0 unspecified atom stereocenters. The molecule has 0 radical (unpaired) electrons. The van der Waals surface area contributed by atoms with Gasteiger partial charge in [-0.15, -0.1) is 11.3 Å². The van der Waals surface area contributed by atoms with E-state index >= 15 is 0 Å². The zero-order valence-corrected chi connectivity index (χ0v) is 16.2. The minimum atomic E-state index is -0.418. The van der Waals surface area contributed by atoms with E-state index in [1.807, 2.05) is 25.7 Å². The fourth-order valence-electron chi connectivity index (χ4n) is 2.65. The largest absolute Gasteiger partial charge is 0.370 e. The predicted octanol–water partition coefficient (Wildman–Crippen LogP) is 5.79. The maximum Gasteiger partial charge on any atom is 0.147 e. The summed E-state index contributed by atoms with van der Waals surface area (Å²) in [5.74, 6) is -0.818. The van der Waals surface area contributed by atoms with Crippen LogP contribution < -0.4 is 4.90 Å². The lowest BCUT2D eigenvalue weighted by molar-refractivity contribution is 0.584. The molecule has 5 heteroatoms. The van der Waals surface area contributed by atoms with Crippen molar-refractivity contribution in [1.29, 1.82) is 0 Å². The molecule has 1 aromatic carbocycles. The Morgan fingerprint density at radius 1 is 1.04 bits per heavy atom. The van der Waals surface area contributed by atoms with Gasteiger partial charge < -0.3 is 4.90 Å². The molecule has 0 amide bonds. The highest BCUT2D eigenvalue weighted by Crippen LogP contribution is 2.37. The second-order valence-corrected chi connectivity index (χ2v) is 7.93. The summed E-state index contributed by atoms with van der Waals surface area (Å²) >= 11 is 1.58. The Balaban J connectivity index is 2.58. The van der Waals surface area contributed by atoms with Crippen LogP contribution in [0.2, 0.25) is 0 Å². The van der Waals surface area contributed by atoms with Gasteiger partial charge in [-0.25, -0.2) is 13.8 Å². The van der Waals surface area contributed by atoms with Crippen LogP contribution in [0.25, 0.3) is 11.3 Å². The Hall–Kier alpha value is -1.49. The molecule has 0 aliphatic carbocycles. The van der Waals surface area contributed by atoms with Gasteiger partial charge in [0.2, 0.25) is 0 Å². The van der Waals surface area contributed by atoms with E-state index in [9.17, 15) is 8.78 Å². The van der Waals surface area contributed by atoms with E-state index in [1.54, 1.807) is 11.3 Å². The number of halogens is 2. The van der Waals surface area contributed by atoms with Gasteiger partial charge in [-0.1, -0.05) is 27.7 Å². The Labute approximate surface area is 147 Å². The molecule has 0 fully saturated rings. The first-order valence-corrected chi connectivity index (χ1v) is 9.29. The van der Waals surface area contributed by atoms with Crippen LogP contribution in [0.5, 0.6) is 0 Å². The summed E-state index contributed by atoms with van der Waals surface area (Å²) in [4.78, 5) is 7.44. The highest BCUT2D eigenvalue weighted by Gasteiger charge is 2.24. The van der Waals surface area contributed by atoms with Gasteiger partial charge in [0.15, 0.2) is 0 Å². The summed E-state index contributed by atoms with van der Waals surface area (Å²) in [5.41, 5.74) is 1.04. The Bertz CT molecular complexity index is 713. The third kappa shape index (κ3) is 3.61. The molecule has 2 nitrogen and oxygen atoms in total. The van der Waals surface area contributed by atoms with E-state index in [0.29, 0.717) is 24.5 Å². The van der Waals surface area contributed by atoms with E-state index in [1.165, 1.54) is 12.1 Å². The fraction of sp³-hybridized carbons (Fsp3) is 0.526. The van der Waals surface area contributed by atoms with Crippen molar-refractivity contribution in [3.63, 3.8) is 0 Å². The summed E-state index contributed by atoms with van der Waals surface area (Å²) in [6.45, 7) is 13.4. The van der Waals surface area contributed by atoms with Crippen molar-refractivity contribution in [2.24, 2.45) is 0 Å². The third-order valence-corrected chi connectivity index (χ3v) is 5.68. The number of rotatable bonds is 5. The number of hydrogen-bond acceptors (Lipinski definition) is 3. The molecule has 0 N–H and O–H groups in total. The van der Waals surface area contributed by atoms with E-state index in [-0.39, 0.29) is 11.0 Å². The summed E-state index contributed by atoms with van der Waals surface area (Å²) in [5, 5.41) is 0.946. The average molecular weight is 352 g/mol. The first-order valence-electron chi connectivity index (χ1n) is 8.47. The van der Waals surface area contributed by atoms with E-state index in [0.717, 1.165) is 16.3 Å². The predicted molar refractivity (Wildman–Crippen MR) is 99.1 cm³/mol. The van der Waals surface area contributed by atoms with Gasteiger partial charge in [-0.2, -0.15) is 0 Å². The van der Waals surface area contributed by atoms with Crippen molar-refractivity contribution in [2.45, 2.75) is 53.4 Å². The number of hydrogen-bond donors (Lipinski definition) is 0. The molecule has 0 spiro atoms. The monoisotopic (exact) mass is 352 g/mol. The van der Waals surface area contributed by atoms with E-state index in [2.05, 4.69) is 25.8 Å². The van der Waals surface area contributed by atoms with Crippen LogP contribution in [0.4, 0.5) is 14.5 Å². The van der Waals surface area contributed by atoms with Crippen LogP contribution in [-0.4, -0.2) is 18.1 Å². The zero-order valence-electron chi connectivity index (χ0n) is 15.3. The molecule has 2 aromatic rings. The number of benzene rings is 1. The highest BCUT2D eigenvalue weighted by molar-refractivity contribution is 7.12. The van der Waals surface area contributed by atoms with Gasteiger partial charge in [0.25, 0.3) is 0 Å². The van der Waals surface area contributed by atoms with Crippen molar-refractivity contribution >= 4 is 17.0 Å². The molecule has 0 atom stereocenters. The number of thiazole rings is 1. The Morgan fingerprint density at radius 3 is 2.17 bits per heavy atom. The van der Waals surface area contributed by atoms with Crippen molar-refractivity contribution in [3.8, 4) is 11.3 Å². The van der Waals surface area contributed by atoms with E-state index < -0.39 is 11.6 Å². The van der Waals surface area contributed by atoms with Crippen LogP contribution >= 0.6 is 11.3 Å². The van der Waals surface area contributed by atoms with Gasteiger partial charge >= 0.3 is 0 Å². The molecular weight excluding hydrogens is 326 g/mol. The summed E-state index contributed by atoms with van der Waals surface area (Å²) < 4.78 is 29.3. The van der Waals surface area contributed by atoms with Gasteiger partial charge in [0, 0.05) is 35.0 Å². The summed E-state index contributed by atoms with van der Waals surface area (Å²) in [6, 6.07) is 2.59. The number of nitrogens with zero attached hydrogens (tertiary/aromatic N) is 2. The van der Waals surface area contributed by atoms with Crippen LogP contribution in [0.1, 0.15) is 51.4 Å². The summed E-state index contributed by atoms with van der Waals surface area (Å²) in [6.07, 6.45) is 0.752. The van der Waals surface area contributed by atoms with Gasteiger partial charge in [0.05, 0.1) is 16.4 Å². The van der Waals surface area contributed by atoms with Gasteiger partial charge in [-0.05, 0) is 26.3 Å². The average Bonchev–Trinajstić information content (AvgIpc) is 2.95. The lowest BCUT2D eigenvalue weighted by atomic mass is 9.98. The topological polar surface area (TPSA) is 16.1 Å². The molecule has 2 rings (SSSR count). The minimum Gasteiger partial charge on any atom is -0.370 e. The number of aryl methyl sites for hydroxylation is 1. The smallest absolute Gasteiger partial charge is 0.147 e. The molecule has 132 valence electrons. The third-order valence-electron chi connectivity index (χ3n) is 4.06. The quantitative estimate of drug-likeness (QED) is 0.676. The SMILES string of the molecule is CCc1sc(C(C)(C)C)nc1-c1cc(F)c(N(CC)CC)cc1F. The molecule has 24 heavy (non-hydrogen) atoms. The molecule has 0 aliphatic heterocycles. The first-order chi connectivity index (χ1) is 11.2. The normalized spacial score (nSPS) is 11.8. The van der Waals surface area contributed by atoms with Crippen molar-refractivity contribution < 1.29 is 8.78 Å². The molecule has 1 heterocycles. The first kappa shape index (κ1) is 18.8. The van der Waals surface area contributed by atoms with Crippen LogP contribution in [0.3, 0.4) is 0 Å². The standard InChI is InChI=1S/C19H26F2N2S/c1-7-16-17(22-18(24-16)19(4,5)6)12-10-14(21)15(11-13(12)20)23(8-2)9-3/h10-11H,7-9H2,1-6H3. The van der Waals surface area contributed by atoms with Crippen LogP contribution in [0, 0.1) is 11.6 Å². The molecule has 0 saturated heterocycles. The van der Waals surface area contributed by atoms with E-state index in [4.69, 9.17) is 0 Å². The Kier molecular flexibility index (Phi) is 5.63. The number of aromatic nitrogens is 1. The zero-order chi connectivity index (χ0) is 18.1. The minimum absolute atomic E-state index is 0.108. The van der Waals surface area contributed by atoms with Crippen molar-refractivity contribution in [2.75, 3.05) is 18.0 Å². The molecule has 0 bridgehead atoms. The Morgan fingerprint density at radius 2 is 1.67 bits per heavy atom. The fourth-order valence-corrected chi connectivity index (χ4v) is 3.72. The molecular formula is C19H26F2N2S. The van der Waals surface area contributed by atoms with Gasteiger partial charge in [-0.3, -0.25) is 0 Å². The lowest BCUT2D eigenvalue weighted by Gasteiger charge is -2.22. The maximum absolute atomic E-state index is 14.7. The lowest BCUT2D eigenvalue weighted by Crippen LogP contribution is -2.23. The van der Waals surface area contributed by atoms with Crippen molar-refractivity contribution in [1.82, 2.24) is 4.98 Å². The van der Waals surface area contributed by atoms with Crippen LogP contribution in [0.15, 0.2) is 12.1 Å². The highest BCUT2D eigenvalue weighted by atomic mass is 32.1. The second kappa shape index (κ2) is 7.18. The molecule has 1 aromatic heterocycles. The van der Waals surface area contributed by atoms with Crippen molar-refractivity contribution in [3.05, 3.63) is 33.7 Å². The molecule has 0 saturated carbocycles. The molecule has 0 aliphatic rings. The van der Waals surface area contributed by atoms with Gasteiger partial charge in [0.1, 0.15) is 11.6 Å². The maximum atomic E-state index is 14.7.